The molecule has 14 nitrogen and oxygen atoms in total. The van der Waals surface area contributed by atoms with Crippen LogP contribution in [0.15, 0.2) is 46.8 Å². The maximum Gasteiger partial charge on any atom is 0.435 e. The third-order valence-corrected chi connectivity index (χ3v) is 8.38. The number of azide groups is 2. The highest BCUT2D eigenvalue weighted by atomic mass is 16.6. The fourth-order valence-electron chi connectivity index (χ4n) is 5.85. The van der Waals surface area contributed by atoms with Crippen LogP contribution in [0.25, 0.3) is 20.9 Å². The largest absolute Gasteiger partial charge is 0.497 e. The summed E-state index contributed by atoms with van der Waals surface area (Å²) < 4.78 is 14.2. The predicted octanol–water partition coefficient (Wildman–Crippen LogP) is 5.88. The van der Waals surface area contributed by atoms with Gasteiger partial charge in [-0.1, -0.05) is 22.4 Å². The van der Waals surface area contributed by atoms with E-state index in [9.17, 15) is 9.59 Å². The summed E-state index contributed by atoms with van der Waals surface area (Å²) in [6.07, 6.45) is 4.74. The zero-order valence-corrected chi connectivity index (χ0v) is 25.4. The van der Waals surface area contributed by atoms with Crippen LogP contribution in [0.1, 0.15) is 64.8 Å². The number of benzene rings is 1. The fourth-order valence-corrected chi connectivity index (χ4v) is 5.85. The second kappa shape index (κ2) is 12.7. The van der Waals surface area contributed by atoms with Crippen LogP contribution in [-0.2, 0) is 24.1 Å². The Bertz CT molecular complexity index is 1620. The minimum absolute atomic E-state index is 0.0268. The number of fused-ring (bicyclic) bond motifs is 1. The summed E-state index contributed by atoms with van der Waals surface area (Å²) >= 11 is 0. The van der Waals surface area contributed by atoms with Crippen molar-refractivity contribution in [2.75, 3.05) is 20.2 Å². The van der Waals surface area contributed by atoms with E-state index < -0.39 is 11.7 Å². The van der Waals surface area contributed by atoms with E-state index in [4.69, 9.17) is 20.5 Å². The Morgan fingerprint density at radius 1 is 1.09 bits per heavy atom. The molecule has 0 radical (unpaired) electrons. The standard InChI is InChI=1S/C30H36N10O4/c1-19-13-26(20(2)38(19)15-21-5-10-25(43-4)11-6-21)28(41)40(23-7-8-23)24-9-12-27-22(14-24)16-39(35-27)29(42)44-30(3,17-33-36-31)18-34-37-32/h5-6,10-11,13,16,23-24H,7-9,12,14-15,17-18H2,1-4H3. The molecule has 44 heavy (non-hydrogen) atoms. The molecular formula is C30H36N10O4. The van der Waals surface area contributed by atoms with Crippen molar-refractivity contribution in [2.45, 2.75) is 77.1 Å². The van der Waals surface area contributed by atoms with Gasteiger partial charge in [-0.3, -0.25) is 4.79 Å². The monoisotopic (exact) mass is 600 g/mol. The van der Waals surface area contributed by atoms with Crippen LogP contribution in [0, 0.1) is 13.8 Å². The van der Waals surface area contributed by atoms with Crippen molar-refractivity contribution in [1.82, 2.24) is 19.2 Å². The van der Waals surface area contributed by atoms with Gasteiger partial charge in [0.15, 0.2) is 0 Å². The molecule has 0 spiro atoms. The summed E-state index contributed by atoms with van der Waals surface area (Å²) in [6.45, 7) is 5.82. The van der Waals surface area contributed by atoms with E-state index in [2.05, 4.69) is 34.6 Å². The van der Waals surface area contributed by atoms with Gasteiger partial charge in [0.2, 0.25) is 0 Å². The summed E-state index contributed by atoms with van der Waals surface area (Å²) in [5.74, 6) is 0.839. The van der Waals surface area contributed by atoms with Crippen molar-refractivity contribution in [1.29, 1.82) is 0 Å². The number of methoxy groups -OCH3 is 1. The summed E-state index contributed by atoms with van der Waals surface area (Å²) in [5, 5.41) is 11.4. The van der Waals surface area contributed by atoms with Crippen LogP contribution < -0.4 is 4.74 Å². The Kier molecular flexibility index (Phi) is 8.84. The lowest BCUT2D eigenvalue weighted by Crippen LogP contribution is -2.45. The van der Waals surface area contributed by atoms with E-state index in [0.717, 1.165) is 57.9 Å². The molecule has 1 fully saturated rings. The lowest BCUT2D eigenvalue weighted by Gasteiger charge is -2.34. The van der Waals surface area contributed by atoms with Crippen LogP contribution in [0.3, 0.4) is 0 Å². The third kappa shape index (κ3) is 6.51. The number of ether oxygens (including phenoxy) is 2. The molecule has 230 valence electrons. The van der Waals surface area contributed by atoms with Gasteiger partial charge in [0.25, 0.3) is 5.91 Å². The molecule has 5 rings (SSSR count). The molecule has 1 amide bonds. The number of nitrogens with zero attached hydrogens (tertiary/aromatic N) is 10. The number of carbonyl (C=O) groups excluding carboxylic acids is 2. The Morgan fingerprint density at radius 3 is 2.39 bits per heavy atom. The highest BCUT2D eigenvalue weighted by molar-refractivity contribution is 5.96. The summed E-state index contributed by atoms with van der Waals surface area (Å²) in [5.41, 5.74) is 21.6. The molecule has 1 unspecified atom stereocenters. The van der Waals surface area contributed by atoms with E-state index in [0.29, 0.717) is 24.9 Å². The quantitative estimate of drug-likeness (QED) is 0.151. The van der Waals surface area contributed by atoms with E-state index in [1.165, 1.54) is 6.92 Å². The Hall–Kier alpha value is -4.93. The van der Waals surface area contributed by atoms with Crippen LogP contribution in [-0.4, -0.2) is 69.1 Å². The topological polar surface area (TPSA) is 176 Å². The van der Waals surface area contributed by atoms with Gasteiger partial charge in [0.05, 0.1) is 31.5 Å². The molecule has 0 bridgehead atoms. The van der Waals surface area contributed by atoms with Gasteiger partial charge in [-0.15, -0.1) is 0 Å². The van der Waals surface area contributed by atoms with Crippen LogP contribution in [0.2, 0.25) is 0 Å². The Balaban J connectivity index is 1.32. The molecule has 1 atom stereocenters. The fraction of sp³-hybridized carbons (Fsp3) is 0.500. The van der Waals surface area contributed by atoms with Crippen molar-refractivity contribution < 1.29 is 19.1 Å². The van der Waals surface area contributed by atoms with Gasteiger partial charge >= 0.3 is 6.09 Å². The molecule has 2 heterocycles. The average molecular weight is 601 g/mol. The molecule has 14 heteroatoms. The van der Waals surface area contributed by atoms with Gasteiger partial charge < -0.3 is 18.9 Å². The SMILES string of the molecule is COc1ccc(Cn2c(C)cc(C(=O)N(C3CC3)C3CCc4nn(C(=O)OC(C)(CN=[N+]=[N-])CN=[N+]=[N-])cc4C3)c2C)cc1. The highest BCUT2D eigenvalue weighted by Crippen LogP contribution is 2.36. The van der Waals surface area contributed by atoms with E-state index in [1.54, 1.807) is 13.3 Å². The maximum atomic E-state index is 14.1. The van der Waals surface area contributed by atoms with Crippen molar-refractivity contribution in [2.24, 2.45) is 10.2 Å². The number of aryl methyl sites for hydroxylation is 2. The smallest absolute Gasteiger partial charge is 0.435 e. The molecule has 3 aromatic rings. The first kappa shape index (κ1) is 30.5. The second-order valence-corrected chi connectivity index (χ2v) is 11.7. The number of hydrogen-bond acceptors (Lipinski definition) is 7. The van der Waals surface area contributed by atoms with Gasteiger partial charge in [0, 0.05) is 46.0 Å². The van der Waals surface area contributed by atoms with Crippen LogP contribution in [0.5, 0.6) is 5.75 Å². The van der Waals surface area contributed by atoms with Gasteiger partial charge in [-0.25, -0.2) is 4.79 Å². The number of rotatable bonds is 11. The van der Waals surface area contributed by atoms with Gasteiger partial charge in [-0.05, 0) is 93.3 Å². The third-order valence-electron chi connectivity index (χ3n) is 8.38. The maximum absolute atomic E-state index is 14.1. The average Bonchev–Trinajstić information content (AvgIpc) is 3.69. The lowest BCUT2D eigenvalue weighted by atomic mass is 9.91. The molecule has 0 N–H and O–H groups in total. The zero-order valence-electron chi connectivity index (χ0n) is 25.4. The minimum atomic E-state index is -1.32. The molecule has 0 saturated heterocycles. The van der Waals surface area contributed by atoms with Crippen molar-refractivity contribution in [3.63, 3.8) is 0 Å². The lowest BCUT2D eigenvalue weighted by molar-refractivity contribution is 0.0369. The number of aromatic nitrogens is 3. The van der Waals surface area contributed by atoms with Crippen molar-refractivity contribution in [3.05, 3.63) is 91.2 Å². The predicted molar refractivity (Wildman–Crippen MR) is 162 cm³/mol. The Labute approximate surface area is 254 Å². The first-order chi connectivity index (χ1) is 21.2. The first-order valence-electron chi connectivity index (χ1n) is 14.6. The molecule has 1 aromatic carbocycles. The van der Waals surface area contributed by atoms with Gasteiger partial charge in [0.1, 0.15) is 11.4 Å². The van der Waals surface area contributed by atoms with Gasteiger partial charge in [-0.2, -0.15) is 9.78 Å². The first-order valence-corrected chi connectivity index (χ1v) is 14.6. The number of carbonyl (C=O) groups is 2. The molecule has 0 aliphatic heterocycles. The molecule has 2 aliphatic rings. The molecule has 2 aromatic heterocycles. The van der Waals surface area contributed by atoms with E-state index in [-0.39, 0.29) is 31.1 Å². The molecule has 2 aliphatic carbocycles. The normalized spacial score (nSPS) is 17.0. The summed E-state index contributed by atoms with van der Waals surface area (Å²) in [6, 6.07) is 10.1. The van der Waals surface area contributed by atoms with E-state index >= 15 is 0 Å². The summed E-state index contributed by atoms with van der Waals surface area (Å²) in [7, 11) is 1.65. The summed E-state index contributed by atoms with van der Waals surface area (Å²) in [4.78, 5) is 34.6. The number of hydrogen-bond donors (Lipinski definition) is 0. The second-order valence-electron chi connectivity index (χ2n) is 11.7. The zero-order chi connectivity index (χ0) is 31.4. The number of amides is 1. The van der Waals surface area contributed by atoms with Crippen molar-refractivity contribution in [3.8, 4) is 5.75 Å². The Morgan fingerprint density at radius 2 is 1.77 bits per heavy atom. The van der Waals surface area contributed by atoms with Crippen molar-refractivity contribution >= 4 is 12.0 Å². The minimum Gasteiger partial charge on any atom is -0.497 e. The molecular weight excluding hydrogens is 564 g/mol. The van der Waals surface area contributed by atoms with Crippen LogP contribution >= 0.6 is 0 Å². The van der Waals surface area contributed by atoms with E-state index in [1.807, 2.05) is 44.2 Å². The van der Waals surface area contributed by atoms with Crippen LogP contribution in [0.4, 0.5) is 4.79 Å². The highest BCUT2D eigenvalue weighted by Gasteiger charge is 2.40. The molecule has 1 saturated carbocycles.